The maximum Gasteiger partial charge on any atom is 0.416 e. The van der Waals surface area contributed by atoms with Crippen LogP contribution in [0, 0.1) is 0 Å². The second kappa shape index (κ2) is 9.86. The molecule has 1 aliphatic heterocycles. The van der Waals surface area contributed by atoms with Gasteiger partial charge in [-0.25, -0.2) is 4.79 Å². The number of allylic oxidation sites excluding steroid dienone is 1. The predicted octanol–water partition coefficient (Wildman–Crippen LogP) is 5.48. The van der Waals surface area contributed by atoms with Crippen molar-refractivity contribution in [3.63, 3.8) is 0 Å². The molecule has 1 aromatic carbocycles. The third kappa shape index (κ3) is 6.49. The molecule has 1 saturated heterocycles. The standard InChI is InChI=1S/C23H33F3N2O2/c1-6-30-21(29)28-13-11-27(12-14-28)20(15-17(2)3)16-22(4,5)18-7-9-19(10-8-18)23(24,25)26/h7-10,15,20H,6,11-14,16H2,1-5H3. The minimum absolute atomic E-state index is 0.136. The first-order valence-corrected chi connectivity index (χ1v) is 10.4. The fraction of sp³-hybridized carbons (Fsp3) is 0.609. The van der Waals surface area contributed by atoms with Gasteiger partial charge < -0.3 is 9.64 Å². The van der Waals surface area contributed by atoms with E-state index in [-0.39, 0.29) is 17.6 Å². The molecule has 0 aromatic heterocycles. The molecule has 0 aliphatic carbocycles. The molecule has 7 heteroatoms. The minimum atomic E-state index is -4.33. The van der Waals surface area contributed by atoms with Crippen molar-refractivity contribution in [1.82, 2.24) is 9.80 Å². The minimum Gasteiger partial charge on any atom is -0.450 e. The monoisotopic (exact) mass is 426 g/mol. The van der Waals surface area contributed by atoms with Gasteiger partial charge in [0.05, 0.1) is 12.2 Å². The Balaban J connectivity index is 2.12. The lowest BCUT2D eigenvalue weighted by atomic mass is 9.78. The molecule has 1 aromatic rings. The van der Waals surface area contributed by atoms with Crippen LogP contribution < -0.4 is 0 Å². The number of carbonyl (C=O) groups is 1. The zero-order valence-electron chi connectivity index (χ0n) is 18.6. The summed E-state index contributed by atoms with van der Waals surface area (Å²) in [4.78, 5) is 16.0. The van der Waals surface area contributed by atoms with E-state index in [1.54, 1.807) is 24.0 Å². The first kappa shape index (κ1) is 24.3. The van der Waals surface area contributed by atoms with E-state index < -0.39 is 11.7 Å². The van der Waals surface area contributed by atoms with Crippen LogP contribution in [-0.4, -0.2) is 54.7 Å². The predicted molar refractivity (Wildman–Crippen MR) is 112 cm³/mol. The van der Waals surface area contributed by atoms with Gasteiger partial charge in [0, 0.05) is 32.2 Å². The van der Waals surface area contributed by atoms with Gasteiger partial charge >= 0.3 is 12.3 Å². The Morgan fingerprint density at radius 3 is 2.07 bits per heavy atom. The molecule has 0 radical (unpaired) electrons. The average molecular weight is 427 g/mol. The molecule has 0 saturated carbocycles. The first-order chi connectivity index (χ1) is 13.9. The summed E-state index contributed by atoms with van der Waals surface area (Å²) in [6.45, 7) is 13.1. The molecule has 168 valence electrons. The second-order valence-electron chi connectivity index (χ2n) is 8.70. The smallest absolute Gasteiger partial charge is 0.416 e. The van der Waals surface area contributed by atoms with Crippen molar-refractivity contribution in [2.75, 3.05) is 32.8 Å². The normalized spacial score (nSPS) is 16.9. The fourth-order valence-corrected chi connectivity index (χ4v) is 3.88. The van der Waals surface area contributed by atoms with Crippen LogP contribution in [0.1, 0.15) is 52.2 Å². The van der Waals surface area contributed by atoms with E-state index in [0.29, 0.717) is 19.7 Å². The summed E-state index contributed by atoms with van der Waals surface area (Å²) < 4.78 is 43.8. The van der Waals surface area contributed by atoms with Crippen LogP contribution >= 0.6 is 0 Å². The van der Waals surface area contributed by atoms with Gasteiger partial charge in [0.25, 0.3) is 0 Å². The molecule has 1 atom stereocenters. The van der Waals surface area contributed by atoms with Crippen LogP contribution in [0.2, 0.25) is 0 Å². The van der Waals surface area contributed by atoms with Crippen molar-refractivity contribution >= 4 is 6.09 Å². The second-order valence-corrected chi connectivity index (χ2v) is 8.70. The van der Waals surface area contributed by atoms with Gasteiger partial charge in [-0.1, -0.05) is 37.6 Å². The first-order valence-electron chi connectivity index (χ1n) is 10.4. The molecule has 1 amide bonds. The molecule has 4 nitrogen and oxygen atoms in total. The van der Waals surface area contributed by atoms with Gasteiger partial charge in [0.1, 0.15) is 0 Å². The molecule has 1 fully saturated rings. The summed E-state index contributed by atoms with van der Waals surface area (Å²) in [6, 6.07) is 5.62. The zero-order valence-corrected chi connectivity index (χ0v) is 18.6. The van der Waals surface area contributed by atoms with Gasteiger partial charge in [-0.05, 0) is 50.3 Å². The summed E-state index contributed by atoms with van der Waals surface area (Å²) in [5.74, 6) is 0. The van der Waals surface area contributed by atoms with Crippen molar-refractivity contribution in [3.05, 3.63) is 47.0 Å². The third-order valence-corrected chi connectivity index (χ3v) is 5.55. The van der Waals surface area contributed by atoms with Crippen molar-refractivity contribution in [2.24, 2.45) is 0 Å². The zero-order chi connectivity index (χ0) is 22.5. The van der Waals surface area contributed by atoms with E-state index in [0.717, 1.165) is 37.2 Å². The van der Waals surface area contributed by atoms with Gasteiger partial charge in [-0.3, -0.25) is 4.90 Å². The van der Waals surface area contributed by atoms with E-state index in [1.165, 1.54) is 5.57 Å². The summed E-state index contributed by atoms with van der Waals surface area (Å²) in [5.41, 5.74) is 1.14. The highest BCUT2D eigenvalue weighted by Crippen LogP contribution is 2.34. The molecule has 1 aliphatic rings. The number of alkyl halides is 3. The van der Waals surface area contributed by atoms with Crippen molar-refractivity contribution < 1.29 is 22.7 Å². The Bertz CT molecular complexity index is 730. The van der Waals surface area contributed by atoms with Crippen molar-refractivity contribution in [3.8, 4) is 0 Å². The number of amides is 1. The van der Waals surface area contributed by atoms with E-state index in [9.17, 15) is 18.0 Å². The Labute approximate surface area is 177 Å². The van der Waals surface area contributed by atoms with Crippen LogP contribution in [0.4, 0.5) is 18.0 Å². The maximum atomic E-state index is 12.9. The van der Waals surface area contributed by atoms with Crippen LogP contribution in [0.3, 0.4) is 0 Å². The van der Waals surface area contributed by atoms with Crippen molar-refractivity contribution in [1.29, 1.82) is 0 Å². The molecule has 30 heavy (non-hydrogen) atoms. The number of ether oxygens (including phenoxy) is 1. The van der Waals surface area contributed by atoms with Crippen molar-refractivity contribution in [2.45, 2.75) is 58.7 Å². The van der Waals surface area contributed by atoms with E-state index >= 15 is 0 Å². The van der Waals surface area contributed by atoms with Crippen LogP contribution in [0.15, 0.2) is 35.9 Å². The summed E-state index contributed by atoms with van der Waals surface area (Å²) in [6.07, 6.45) is -1.62. The van der Waals surface area contributed by atoms with Crippen LogP contribution in [-0.2, 0) is 16.3 Å². The lowest BCUT2D eigenvalue weighted by molar-refractivity contribution is -0.137. The Hall–Kier alpha value is -2.02. The topological polar surface area (TPSA) is 32.8 Å². The lowest BCUT2D eigenvalue weighted by Crippen LogP contribution is -2.52. The Morgan fingerprint density at radius 2 is 1.60 bits per heavy atom. The SMILES string of the molecule is CCOC(=O)N1CCN(C(C=C(C)C)CC(C)(C)c2ccc(C(F)(F)F)cc2)CC1. The van der Waals surface area contributed by atoms with Gasteiger partial charge in [0.15, 0.2) is 0 Å². The number of rotatable bonds is 6. The molecule has 0 N–H and O–H groups in total. The number of nitrogens with zero attached hydrogens (tertiary/aromatic N) is 2. The highest BCUT2D eigenvalue weighted by Gasteiger charge is 2.33. The number of hydrogen-bond acceptors (Lipinski definition) is 3. The molecule has 0 bridgehead atoms. The number of piperazine rings is 1. The fourth-order valence-electron chi connectivity index (χ4n) is 3.88. The van der Waals surface area contributed by atoms with Gasteiger partial charge in [-0.2, -0.15) is 13.2 Å². The summed E-state index contributed by atoms with van der Waals surface area (Å²) in [5, 5.41) is 0. The highest BCUT2D eigenvalue weighted by atomic mass is 19.4. The number of hydrogen-bond donors (Lipinski definition) is 0. The lowest BCUT2D eigenvalue weighted by Gasteiger charge is -2.41. The van der Waals surface area contributed by atoms with Gasteiger partial charge in [0.2, 0.25) is 0 Å². The molecular weight excluding hydrogens is 393 g/mol. The van der Waals surface area contributed by atoms with E-state index in [2.05, 4.69) is 24.8 Å². The summed E-state index contributed by atoms with van der Waals surface area (Å²) >= 11 is 0. The highest BCUT2D eigenvalue weighted by molar-refractivity contribution is 5.67. The average Bonchev–Trinajstić information content (AvgIpc) is 2.67. The van der Waals surface area contributed by atoms with E-state index in [1.807, 2.05) is 13.8 Å². The van der Waals surface area contributed by atoms with E-state index in [4.69, 9.17) is 4.74 Å². The molecule has 1 heterocycles. The number of halogens is 3. The van der Waals surface area contributed by atoms with Crippen LogP contribution in [0.25, 0.3) is 0 Å². The number of carbonyl (C=O) groups excluding carboxylic acids is 1. The van der Waals surface area contributed by atoms with Gasteiger partial charge in [-0.15, -0.1) is 0 Å². The Morgan fingerprint density at radius 1 is 1.07 bits per heavy atom. The Kier molecular flexibility index (Phi) is 7.97. The molecule has 1 unspecified atom stereocenters. The summed E-state index contributed by atoms with van der Waals surface area (Å²) in [7, 11) is 0. The quantitative estimate of drug-likeness (QED) is 0.565. The largest absolute Gasteiger partial charge is 0.450 e. The molecule has 2 rings (SSSR count). The maximum absolute atomic E-state index is 12.9. The number of benzene rings is 1. The molecular formula is C23H33F3N2O2. The van der Waals surface area contributed by atoms with Crippen LogP contribution in [0.5, 0.6) is 0 Å². The molecule has 0 spiro atoms. The third-order valence-electron chi connectivity index (χ3n) is 5.55.